The van der Waals surface area contributed by atoms with Crippen LogP contribution in [0.4, 0.5) is 5.95 Å². The first kappa shape index (κ1) is 17.9. The van der Waals surface area contributed by atoms with Crippen LogP contribution in [0.5, 0.6) is 5.75 Å². The number of anilines is 1. The Kier molecular flexibility index (Phi) is 5.51. The van der Waals surface area contributed by atoms with Crippen LogP contribution in [-0.2, 0) is 6.54 Å². The van der Waals surface area contributed by atoms with Crippen molar-refractivity contribution in [3.8, 4) is 17.0 Å². The Hall–Kier alpha value is -2.89. The van der Waals surface area contributed by atoms with Gasteiger partial charge in [0.15, 0.2) is 0 Å². The summed E-state index contributed by atoms with van der Waals surface area (Å²) in [5.41, 5.74) is 4.04. The number of nitrogens with one attached hydrogen (secondary N) is 1. The maximum atomic E-state index is 5.21. The Labute approximate surface area is 154 Å². The number of methoxy groups -OCH3 is 1. The summed E-state index contributed by atoms with van der Waals surface area (Å²) in [7, 11) is 1.67. The molecule has 0 aliphatic carbocycles. The van der Waals surface area contributed by atoms with Crippen molar-refractivity contribution in [2.45, 2.75) is 39.8 Å². The molecule has 0 saturated heterocycles. The fourth-order valence-electron chi connectivity index (χ4n) is 2.86. The predicted molar refractivity (Wildman–Crippen MR) is 103 cm³/mol. The lowest BCUT2D eigenvalue weighted by Crippen LogP contribution is -2.09. The van der Waals surface area contributed by atoms with Crippen molar-refractivity contribution >= 4 is 5.95 Å². The fraction of sp³-hybridized carbons (Fsp3) is 0.350. The first-order valence-corrected chi connectivity index (χ1v) is 8.88. The van der Waals surface area contributed by atoms with Gasteiger partial charge in [0.25, 0.3) is 0 Å². The monoisotopic (exact) mass is 351 g/mol. The third-order valence-electron chi connectivity index (χ3n) is 4.29. The second-order valence-electron chi connectivity index (χ2n) is 6.30. The third-order valence-corrected chi connectivity index (χ3v) is 4.29. The van der Waals surface area contributed by atoms with Gasteiger partial charge in [-0.05, 0) is 44.0 Å². The third kappa shape index (κ3) is 4.02. The zero-order chi connectivity index (χ0) is 18.5. The largest absolute Gasteiger partial charge is 0.497 e. The lowest BCUT2D eigenvalue weighted by Gasteiger charge is -2.15. The molecule has 3 aromatic rings. The Morgan fingerprint density at radius 1 is 1.19 bits per heavy atom. The normalized spacial score (nSPS) is 12.0. The van der Waals surface area contributed by atoms with Gasteiger partial charge in [0.2, 0.25) is 5.95 Å². The van der Waals surface area contributed by atoms with Gasteiger partial charge in [0.1, 0.15) is 5.75 Å². The highest BCUT2D eigenvalue weighted by molar-refractivity contribution is 5.61. The summed E-state index contributed by atoms with van der Waals surface area (Å²) in [5, 5.41) is 7.92. The molecule has 3 rings (SSSR count). The van der Waals surface area contributed by atoms with Crippen LogP contribution >= 0.6 is 0 Å². The molecule has 1 aromatic carbocycles. The highest BCUT2D eigenvalue weighted by Crippen LogP contribution is 2.23. The summed E-state index contributed by atoms with van der Waals surface area (Å²) in [4.78, 5) is 9.04. The van der Waals surface area contributed by atoms with E-state index in [4.69, 9.17) is 4.74 Å². The Morgan fingerprint density at radius 3 is 2.65 bits per heavy atom. The van der Waals surface area contributed by atoms with Crippen LogP contribution in [0.2, 0.25) is 0 Å². The minimum atomic E-state index is 0.0834. The molecule has 0 fully saturated rings. The van der Waals surface area contributed by atoms with Crippen molar-refractivity contribution < 1.29 is 4.74 Å². The zero-order valence-electron chi connectivity index (χ0n) is 15.7. The van der Waals surface area contributed by atoms with Gasteiger partial charge in [0.05, 0.1) is 24.5 Å². The maximum absolute atomic E-state index is 5.21. The van der Waals surface area contributed by atoms with Crippen molar-refractivity contribution in [1.29, 1.82) is 0 Å². The highest BCUT2D eigenvalue weighted by Gasteiger charge is 2.12. The average Bonchev–Trinajstić information content (AvgIpc) is 3.02. The lowest BCUT2D eigenvalue weighted by molar-refractivity contribution is 0.414. The molecule has 0 aliphatic heterocycles. The zero-order valence-corrected chi connectivity index (χ0v) is 15.7. The van der Waals surface area contributed by atoms with E-state index in [9.17, 15) is 0 Å². The summed E-state index contributed by atoms with van der Waals surface area (Å²) in [6, 6.07) is 9.99. The van der Waals surface area contributed by atoms with E-state index in [1.54, 1.807) is 13.3 Å². The van der Waals surface area contributed by atoms with Crippen LogP contribution in [0.15, 0.2) is 42.7 Å². The summed E-state index contributed by atoms with van der Waals surface area (Å²) < 4.78 is 7.18. The van der Waals surface area contributed by atoms with Crippen molar-refractivity contribution in [2.24, 2.45) is 0 Å². The van der Waals surface area contributed by atoms with E-state index in [0.29, 0.717) is 5.95 Å². The maximum Gasteiger partial charge on any atom is 0.223 e. The molecular weight excluding hydrogens is 326 g/mol. The van der Waals surface area contributed by atoms with Crippen LogP contribution in [0.25, 0.3) is 11.3 Å². The quantitative estimate of drug-likeness (QED) is 0.690. The molecule has 0 spiro atoms. The highest BCUT2D eigenvalue weighted by atomic mass is 16.5. The van der Waals surface area contributed by atoms with Crippen LogP contribution in [0, 0.1) is 6.92 Å². The first-order valence-electron chi connectivity index (χ1n) is 8.88. The number of hydrogen-bond acceptors (Lipinski definition) is 5. The van der Waals surface area contributed by atoms with Crippen LogP contribution in [0.1, 0.15) is 37.6 Å². The smallest absolute Gasteiger partial charge is 0.223 e. The second-order valence-corrected chi connectivity index (χ2v) is 6.30. The summed E-state index contributed by atoms with van der Waals surface area (Å²) >= 11 is 0. The Bertz CT molecular complexity index is 857. The van der Waals surface area contributed by atoms with Gasteiger partial charge in [-0.1, -0.05) is 19.1 Å². The number of aromatic nitrogens is 4. The van der Waals surface area contributed by atoms with Gasteiger partial charge in [-0.2, -0.15) is 5.10 Å². The van der Waals surface area contributed by atoms with Crippen LogP contribution < -0.4 is 10.1 Å². The number of rotatable bonds is 7. The van der Waals surface area contributed by atoms with E-state index in [-0.39, 0.29) is 6.04 Å². The summed E-state index contributed by atoms with van der Waals surface area (Å²) in [6.07, 6.45) is 4.89. The standard InChI is InChI=1S/C20H25N5O/c1-5-12-25-13-18(15(3)24-25)19-10-11-21-20(23-19)22-14(2)16-6-8-17(26-4)9-7-16/h6-11,13-14H,5,12H2,1-4H3,(H,21,22,23)/t14-/m1/s1. The predicted octanol–water partition coefficient (Wildman–Crippen LogP) is 4.24. The second kappa shape index (κ2) is 7.99. The molecule has 0 aliphatic rings. The average molecular weight is 351 g/mol. The lowest BCUT2D eigenvalue weighted by atomic mass is 10.1. The van der Waals surface area contributed by atoms with E-state index in [1.165, 1.54) is 0 Å². The number of aryl methyl sites for hydroxylation is 2. The Balaban J connectivity index is 1.78. The summed E-state index contributed by atoms with van der Waals surface area (Å²) in [6.45, 7) is 7.15. The number of benzene rings is 1. The van der Waals surface area contributed by atoms with E-state index in [2.05, 4.69) is 40.4 Å². The van der Waals surface area contributed by atoms with Crippen molar-refractivity contribution in [1.82, 2.24) is 19.7 Å². The molecule has 1 atom stereocenters. The molecule has 0 radical (unpaired) electrons. The molecule has 6 nitrogen and oxygen atoms in total. The molecule has 26 heavy (non-hydrogen) atoms. The molecule has 0 bridgehead atoms. The van der Waals surface area contributed by atoms with E-state index < -0.39 is 0 Å². The molecule has 0 saturated carbocycles. The van der Waals surface area contributed by atoms with Crippen molar-refractivity contribution in [2.75, 3.05) is 12.4 Å². The molecule has 0 amide bonds. The SMILES string of the molecule is CCCn1cc(-c2ccnc(N[C@H](C)c3ccc(OC)cc3)n2)c(C)n1. The van der Waals surface area contributed by atoms with Gasteiger partial charge in [-0.15, -0.1) is 0 Å². The topological polar surface area (TPSA) is 64.9 Å². The molecule has 0 unspecified atom stereocenters. The van der Waals surface area contributed by atoms with Crippen molar-refractivity contribution in [3.05, 3.63) is 54.0 Å². The van der Waals surface area contributed by atoms with Crippen molar-refractivity contribution in [3.63, 3.8) is 0 Å². The molecular formula is C20H25N5O. The number of hydrogen-bond donors (Lipinski definition) is 1. The first-order chi connectivity index (χ1) is 12.6. The number of ether oxygens (including phenoxy) is 1. The van der Waals surface area contributed by atoms with Gasteiger partial charge >= 0.3 is 0 Å². The van der Waals surface area contributed by atoms with E-state index in [0.717, 1.165) is 41.2 Å². The van der Waals surface area contributed by atoms with Gasteiger partial charge in [-0.25, -0.2) is 9.97 Å². The van der Waals surface area contributed by atoms with E-state index >= 15 is 0 Å². The van der Waals surface area contributed by atoms with Gasteiger partial charge in [-0.3, -0.25) is 4.68 Å². The molecule has 2 heterocycles. The van der Waals surface area contributed by atoms with E-state index in [1.807, 2.05) is 41.9 Å². The minimum Gasteiger partial charge on any atom is -0.497 e. The Morgan fingerprint density at radius 2 is 1.96 bits per heavy atom. The van der Waals surface area contributed by atoms with Gasteiger partial charge < -0.3 is 10.1 Å². The molecule has 1 N–H and O–H groups in total. The summed E-state index contributed by atoms with van der Waals surface area (Å²) in [5.74, 6) is 1.45. The fourth-order valence-corrected chi connectivity index (χ4v) is 2.86. The van der Waals surface area contributed by atoms with Crippen LogP contribution in [0.3, 0.4) is 0 Å². The molecule has 6 heteroatoms. The van der Waals surface area contributed by atoms with Gasteiger partial charge in [0, 0.05) is 24.5 Å². The molecule has 136 valence electrons. The minimum absolute atomic E-state index is 0.0834. The molecule has 2 aromatic heterocycles. The van der Waals surface area contributed by atoms with Crippen LogP contribution in [-0.4, -0.2) is 26.9 Å². The number of nitrogens with zero attached hydrogens (tertiary/aromatic N) is 4.